The van der Waals surface area contributed by atoms with Crippen LogP contribution in [0.25, 0.3) is 0 Å². The van der Waals surface area contributed by atoms with Crippen LogP contribution in [0.5, 0.6) is 0 Å². The largest absolute Gasteiger partial charge is 0.450 e. The van der Waals surface area contributed by atoms with E-state index in [0.29, 0.717) is 56.6 Å². The molecule has 1 aromatic rings. The number of nitrogens with one attached hydrogen (secondary N) is 2. The molecule has 0 unspecified atom stereocenters. The highest BCUT2D eigenvalue weighted by Gasteiger charge is 2.56. The second kappa shape index (κ2) is 8.30. The molecule has 1 aromatic carbocycles. The van der Waals surface area contributed by atoms with Gasteiger partial charge in [-0.25, -0.2) is 4.79 Å². The highest BCUT2D eigenvalue weighted by atomic mass is 16.6. The van der Waals surface area contributed by atoms with Crippen LogP contribution in [0.3, 0.4) is 0 Å². The van der Waals surface area contributed by atoms with Gasteiger partial charge >= 0.3 is 6.09 Å². The standard InChI is InChI=1S/C20H24N4O4/c1-2-28-19(27)24-11-7-16(8-12-24)23-18(26)20(9-10-20)17(25)22-15-5-3-14(13-21)4-6-15/h3-6,16H,2,7-12H2,1H3,(H,22,25)(H,23,26). The van der Waals surface area contributed by atoms with Crippen LogP contribution in [0.4, 0.5) is 10.5 Å². The van der Waals surface area contributed by atoms with Crippen molar-refractivity contribution in [2.24, 2.45) is 5.41 Å². The molecule has 148 valence electrons. The summed E-state index contributed by atoms with van der Waals surface area (Å²) in [5, 5.41) is 14.6. The molecule has 1 aliphatic heterocycles. The molecule has 0 bridgehead atoms. The summed E-state index contributed by atoms with van der Waals surface area (Å²) >= 11 is 0. The van der Waals surface area contributed by atoms with Crippen molar-refractivity contribution in [1.29, 1.82) is 5.26 Å². The van der Waals surface area contributed by atoms with Crippen LogP contribution in [0, 0.1) is 16.7 Å². The van der Waals surface area contributed by atoms with Gasteiger partial charge in [-0.1, -0.05) is 0 Å². The Morgan fingerprint density at radius 2 is 1.82 bits per heavy atom. The summed E-state index contributed by atoms with van der Waals surface area (Å²) in [5.41, 5.74) is 0.0449. The third-order valence-corrected chi connectivity index (χ3v) is 5.25. The van der Waals surface area contributed by atoms with Crippen LogP contribution in [0.1, 0.15) is 38.2 Å². The van der Waals surface area contributed by atoms with Crippen LogP contribution >= 0.6 is 0 Å². The van der Waals surface area contributed by atoms with Crippen molar-refractivity contribution in [2.75, 3.05) is 25.0 Å². The summed E-state index contributed by atoms with van der Waals surface area (Å²) in [7, 11) is 0. The SMILES string of the molecule is CCOC(=O)N1CCC(NC(=O)C2(C(=O)Nc3ccc(C#N)cc3)CC2)CC1. The lowest BCUT2D eigenvalue weighted by Crippen LogP contribution is -2.50. The maximum Gasteiger partial charge on any atom is 0.409 e. The van der Waals surface area contributed by atoms with Crippen molar-refractivity contribution in [3.05, 3.63) is 29.8 Å². The van der Waals surface area contributed by atoms with E-state index in [1.807, 2.05) is 6.07 Å². The van der Waals surface area contributed by atoms with Gasteiger partial charge in [-0.2, -0.15) is 5.26 Å². The number of carbonyl (C=O) groups excluding carboxylic acids is 3. The average Bonchev–Trinajstić information content (AvgIpc) is 3.51. The summed E-state index contributed by atoms with van der Waals surface area (Å²) in [5.74, 6) is -0.577. The van der Waals surface area contributed by atoms with Gasteiger partial charge in [-0.3, -0.25) is 9.59 Å². The number of nitriles is 1. The van der Waals surface area contributed by atoms with E-state index in [1.54, 1.807) is 36.1 Å². The second-order valence-electron chi connectivity index (χ2n) is 7.16. The molecular weight excluding hydrogens is 360 g/mol. The smallest absolute Gasteiger partial charge is 0.409 e. The summed E-state index contributed by atoms with van der Waals surface area (Å²) < 4.78 is 4.99. The molecule has 0 aromatic heterocycles. The Morgan fingerprint density at radius 3 is 2.36 bits per heavy atom. The Balaban J connectivity index is 1.52. The minimum atomic E-state index is -1.02. The molecule has 2 aliphatic rings. The molecule has 2 fully saturated rings. The Labute approximate surface area is 163 Å². The van der Waals surface area contributed by atoms with Gasteiger partial charge in [0.15, 0.2) is 0 Å². The fourth-order valence-electron chi connectivity index (χ4n) is 3.31. The molecule has 2 N–H and O–H groups in total. The summed E-state index contributed by atoms with van der Waals surface area (Å²) in [4.78, 5) is 38.7. The van der Waals surface area contributed by atoms with Crippen molar-refractivity contribution in [3.8, 4) is 6.07 Å². The number of rotatable bonds is 5. The van der Waals surface area contributed by atoms with Gasteiger partial charge in [-0.15, -0.1) is 0 Å². The summed E-state index contributed by atoms with van der Waals surface area (Å²) in [6, 6.07) is 8.50. The molecule has 1 saturated carbocycles. The van der Waals surface area contributed by atoms with Crippen LogP contribution in [-0.2, 0) is 14.3 Å². The van der Waals surface area contributed by atoms with Gasteiger partial charge in [0.2, 0.25) is 11.8 Å². The van der Waals surface area contributed by atoms with Crippen molar-refractivity contribution in [3.63, 3.8) is 0 Å². The zero-order valence-electron chi connectivity index (χ0n) is 15.9. The lowest BCUT2D eigenvalue weighted by atomic mass is 10.0. The van der Waals surface area contributed by atoms with Gasteiger partial charge in [0, 0.05) is 24.8 Å². The van der Waals surface area contributed by atoms with Gasteiger partial charge in [0.05, 0.1) is 18.2 Å². The van der Waals surface area contributed by atoms with Crippen LogP contribution in [0.2, 0.25) is 0 Å². The molecule has 3 amide bonds. The molecule has 1 heterocycles. The summed E-state index contributed by atoms with van der Waals surface area (Å²) in [6.07, 6.45) is 1.98. The predicted molar refractivity (Wildman–Crippen MR) is 101 cm³/mol. The zero-order valence-corrected chi connectivity index (χ0v) is 15.9. The number of anilines is 1. The molecule has 0 radical (unpaired) electrons. The Morgan fingerprint density at radius 1 is 1.18 bits per heavy atom. The first-order chi connectivity index (χ1) is 13.5. The van der Waals surface area contributed by atoms with Crippen LogP contribution in [-0.4, -0.2) is 48.5 Å². The fraction of sp³-hybridized carbons (Fsp3) is 0.500. The van der Waals surface area contributed by atoms with Gasteiger partial charge in [0.25, 0.3) is 0 Å². The molecule has 3 rings (SSSR count). The zero-order chi connectivity index (χ0) is 20.1. The minimum absolute atomic E-state index is 0.0571. The third kappa shape index (κ3) is 4.25. The van der Waals surface area contributed by atoms with E-state index >= 15 is 0 Å². The van der Waals surface area contributed by atoms with E-state index in [9.17, 15) is 14.4 Å². The molecule has 8 heteroatoms. The van der Waals surface area contributed by atoms with Crippen LogP contribution in [0.15, 0.2) is 24.3 Å². The van der Waals surface area contributed by atoms with Gasteiger partial charge in [-0.05, 0) is 56.9 Å². The molecule has 1 aliphatic carbocycles. The Kier molecular flexibility index (Phi) is 5.83. The third-order valence-electron chi connectivity index (χ3n) is 5.25. The highest BCUT2D eigenvalue weighted by Crippen LogP contribution is 2.47. The first kappa shape index (κ1) is 19.7. The number of benzene rings is 1. The van der Waals surface area contributed by atoms with E-state index in [1.165, 1.54) is 0 Å². The monoisotopic (exact) mass is 384 g/mol. The molecule has 28 heavy (non-hydrogen) atoms. The number of hydrogen-bond acceptors (Lipinski definition) is 5. The van der Waals surface area contributed by atoms with Gasteiger partial charge in [0.1, 0.15) is 5.41 Å². The molecule has 0 atom stereocenters. The minimum Gasteiger partial charge on any atom is -0.450 e. The maximum atomic E-state index is 12.7. The molecule has 0 spiro atoms. The normalized spacial score (nSPS) is 17.9. The first-order valence-corrected chi connectivity index (χ1v) is 9.53. The quantitative estimate of drug-likeness (QED) is 0.755. The lowest BCUT2D eigenvalue weighted by Gasteiger charge is -2.32. The second-order valence-corrected chi connectivity index (χ2v) is 7.16. The average molecular weight is 384 g/mol. The van der Waals surface area contributed by atoms with Crippen LogP contribution < -0.4 is 10.6 Å². The van der Waals surface area contributed by atoms with E-state index in [0.717, 1.165) is 0 Å². The van der Waals surface area contributed by atoms with Crippen molar-refractivity contribution in [2.45, 2.75) is 38.6 Å². The van der Waals surface area contributed by atoms with Gasteiger partial charge < -0.3 is 20.3 Å². The van der Waals surface area contributed by atoms with E-state index < -0.39 is 5.41 Å². The molecule has 8 nitrogen and oxygen atoms in total. The van der Waals surface area contributed by atoms with Crippen molar-refractivity contribution in [1.82, 2.24) is 10.2 Å². The van der Waals surface area contributed by atoms with E-state index in [-0.39, 0.29) is 23.9 Å². The number of likely N-dealkylation sites (tertiary alicyclic amines) is 1. The lowest BCUT2D eigenvalue weighted by molar-refractivity contribution is -0.135. The molecule has 1 saturated heterocycles. The summed E-state index contributed by atoms with van der Waals surface area (Å²) in [6.45, 7) is 3.15. The number of piperidine rings is 1. The Hall–Kier alpha value is -3.08. The highest BCUT2D eigenvalue weighted by molar-refractivity contribution is 6.13. The van der Waals surface area contributed by atoms with Crippen molar-refractivity contribution < 1.29 is 19.1 Å². The number of carbonyl (C=O) groups is 3. The van der Waals surface area contributed by atoms with Crippen molar-refractivity contribution >= 4 is 23.6 Å². The number of amides is 3. The number of hydrogen-bond donors (Lipinski definition) is 2. The number of nitrogens with zero attached hydrogens (tertiary/aromatic N) is 2. The first-order valence-electron chi connectivity index (χ1n) is 9.53. The fourth-order valence-corrected chi connectivity index (χ4v) is 3.31. The molecular formula is C20H24N4O4. The van der Waals surface area contributed by atoms with E-state index in [4.69, 9.17) is 10.00 Å². The number of ether oxygens (including phenoxy) is 1. The Bertz CT molecular complexity index is 787. The topological polar surface area (TPSA) is 112 Å². The maximum absolute atomic E-state index is 12.7. The van der Waals surface area contributed by atoms with E-state index in [2.05, 4.69) is 10.6 Å². The predicted octanol–water partition coefficient (Wildman–Crippen LogP) is 2.01.